The first kappa shape index (κ1) is 14.4. The quantitative estimate of drug-likeness (QED) is 0.925. The van der Waals surface area contributed by atoms with Gasteiger partial charge >= 0.3 is 10.2 Å². The van der Waals surface area contributed by atoms with Crippen molar-refractivity contribution in [2.75, 3.05) is 11.8 Å². The molecule has 0 saturated heterocycles. The normalized spacial score (nSPS) is 12.2. The minimum atomic E-state index is -3.72. The SMILES string of the molecule is CC(C)N(C)S(=O)(=O)Nc1ccc(Br)cc1F. The summed E-state index contributed by atoms with van der Waals surface area (Å²) in [6.45, 7) is 3.47. The molecule has 0 aliphatic heterocycles. The van der Waals surface area contributed by atoms with E-state index in [9.17, 15) is 12.8 Å². The fourth-order valence-electron chi connectivity index (χ4n) is 1.06. The van der Waals surface area contributed by atoms with Crippen LogP contribution in [0.2, 0.25) is 0 Å². The maximum atomic E-state index is 13.5. The highest BCUT2D eigenvalue weighted by Crippen LogP contribution is 2.21. The number of hydrogen-bond acceptors (Lipinski definition) is 2. The zero-order chi connectivity index (χ0) is 13.2. The van der Waals surface area contributed by atoms with Crippen molar-refractivity contribution in [3.8, 4) is 0 Å². The molecule has 1 rings (SSSR count). The van der Waals surface area contributed by atoms with Crippen LogP contribution in [-0.2, 0) is 10.2 Å². The zero-order valence-corrected chi connectivity index (χ0v) is 12.1. The van der Waals surface area contributed by atoms with E-state index in [1.165, 1.54) is 19.2 Å². The fraction of sp³-hybridized carbons (Fsp3) is 0.400. The van der Waals surface area contributed by atoms with Crippen molar-refractivity contribution in [1.82, 2.24) is 4.31 Å². The first-order valence-corrected chi connectivity index (χ1v) is 7.18. The van der Waals surface area contributed by atoms with Crippen molar-refractivity contribution in [2.45, 2.75) is 19.9 Å². The lowest BCUT2D eigenvalue weighted by Crippen LogP contribution is -2.37. The summed E-state index contributed by atoms with van der Waals surface area (Å²) >= 11 is 3.10. The van der Waals surface area contributed by atoms with Crippen molar-refractivity contribution in [1.29, 1.82) is 0 Å². The molecule has 0 fully saturated rings. The van der Waals surface area contributed by atoms with Gasteiger partial charge in [-0.15, -0.1) is 0 Å². The number of benzene rings is 1. The summed E-state index contributed by atoms with van der Waals surface area (Å²) in [7, 11) is -2.29. The van der Waals surface area contributed by atoms with E-state index in [2.05, 4.69) is 20.7 Å². The van der Waals surface area contributed by atoms with Gasteiger partial charge in [0.15, 0.2) is 0 Å². The Kier molecular flexibility index (Phi) is 4.51. The molecule has 1 aromatic carbocycles. The molecule has 7 heteroatoms. The Labute approximate surface area is 109 Å². The van der Waals surface area contributed by atoms with Gasteiger partial charge < -0.3 is 0 Å². The second-order valence-electron chi connectivity index (χ2n) is 3.84. The highest BCUT2D eigenvalue weighted by atomic mass is 79.9. The summed E-state index contributed by atoms with van der Waals surface area (Å²) in [6, 6.07) is 3.93. The zero-order valence-electron chi connectivity index (χ0n) is 9.74. The summed E-state index contributed by atoms with van der Waals surface area (Å²) in [5.41, 5.74) is -0.0688. The summed E-state index contributed by atoms with van der Waals surface area (Å²) in [6.07, 6.45) is 0. The Morgan fingerprint density at radius 2 is 2.00 bits per heavy atom. The molecule has 1 N–H and O–H groups in total. The average molecular weight is 325 g/mol. The van der Waals surface area contributed by atoms with Gasteiger partial charge in [-0.3, -0.25) is 4.72 Å². The lowest BCUT2D eigenvalue weighted by Gasteiger charge is -2.21. The van der Waals surface area contributed by atoms with Gasteiger partial charge in [-0.25, -0.2) is 4.39 Å². The van der Waals surface area contributed by atoms with Crippen LogP contribution >= 0.6 is 15.9 Å². The molecule has 0 aliphatic carbocycles. The van der Waals surface area contributed by atoms with Crippen molar-refractivity contribution in [3.63, 3.8) is 0 Å². The van der Waals surface area contributed by atoms with Crippen molar-refractivity contribution >= 4 is 31.8 Å². The largest absolute Gasteiger partial charge is 0.301 e. The molecule has 0 aliphatic rings. The molecule has 0 aromatic heterocycles. The van der Waals surface area contributed by atoms with E-state index in [1.54, 1.807) is 19.9 Å². The Morgan fingerprint density at radius 1 is 1.41 bits per heavy atom. The maximum absolute atomic E-state index is 13.5. The van der Waals surface area contributed by atoms with Crippen molar-refractivity contribution in [2.24, 2.45) is 0 Å². The Balaban J connectivity index is 2.98. The molecule has 96 valence electrons. The summed E-state index contributed by atoms with van der Waals surface area (Å²) < 4.78 is 41.0. The average Bonchev–Trinajstić information content (AvgIpc) is 2.21. The molecule has 0 radical (unpaired) electrons. The van der Waals surface area contributed by atoms with Crippen LogP contribution in [0, 0.1) is 5.82 Å². The summed E-state index contributed by atoms with van der Waals surface area (Å²) in [4.78, 5) is 0. The second-order valence-corrected chi connectivity index (χ2v) is 6.49. The van der Waals surface area contributed by atoms with E-state index in [4.69, 9.17) is 0 Å². The molecule has 0 atom stereocenters. The van der Waals surface area contributed by atoms with E-state index >= 15 is 0 Å². The summed E-state index contributed by atoms with van der Waals surface area (Å²) in [5, 5.41) is 0. The number of nitrogens with zero attached hydrogens (tertiary/aromatic N) is 1. The molecule has 0 bridgehead atoms. The van der Waals surface area contributed by atoms with Gasteiger partial charge in [0, 0.05) is 17.6 Å². The van der Waals surface area contributed by atoms with Gasteiger partial charge in [-0.05, 0) is 32.0 Å². The van der Waals surface area contributed by atoms with Crippen LogP contribution in [0.4, 0.5) is 10.1 Å². The van der Waals surface area contributed by atoms with Crippen LogP contribution in [0.1, 0.15) is 13.8 Å². The second kappa shape index (κ2) is 5.32. The van der Waals surface area contributed by atoms with Gasteiger partial charge in [0.1, 0.15) is 5.82 Å². The summed E-state index contributed by atoms with van der Waals surface area (Å²) in [5.74, 6) is -0.625. The lowest BCUT2D eigenvalue weighted by atomic mass is 10.3. The van der Waals surface area contributed by atoms with E-state index in [1.807, 2.05) is 0 Å². The Hall–Kier alpha value is -0.660. The van der Waals surface area contributed by atoms with Gasteiger partial charge in [0.05, 0.1) is 5.69 Å². The van der Waals surface area contributed by atoms with Crippen molar-refractivity contribution < 1.29 is 12.8 Å². The van der Waals surface area contributed by atoms with Crippen LogP contribution in [-0.4, -0.2) is 25.8 Å². The third kappa shape index (κ3) is 3.65. The first-order valence-electron chi connectivity index (χ1n) is 4.95. The molecule has 4 nitrogen and oxygen atoms in total. The predicted octanol–water partition coefficient (Wildman–Crippen LogP) is 2.59. The third-order valence-corrected chi connectivity index (χ3v) is 4.43. The first-order chi connectivity index (χ1) is 7.74. The third-order valence-electron chi connectivity index (χ3n) is 2.28. The number of rotatable bonds is 4. The van der Waals surface area contributed by atoms with E-state index in [0.29, 0.717) is 4.47 Å². The van der Waals surface area contributed by atoms with Gasteiger partial charge in [-0.1, -0.05) is 15.9 Å². The van der Waals surface area contributed by atoms with Crippen LogP contribution in [0.15, 0.2) is 22.7 Å². The van der Waals surface area contributed by atoms with Crippen LogP contribution < -0.4 is 4.72 Å². The molecule has 1 aromatic rings. The highest BCUT2D eigenvalue weighted by Gasteiger charge is 2.21. The molecule has 0 spiro atoms. The monoisotopic (exact) mass is 324 g/mol. The van der Waals surface area contributed by atoms with E-state index in [-0.39, 0.29) is 11.7 Å². The van der Waals surface area contributed by atoms with Crippen LogP contribution in [0.3, 0.4) is 0 Å². The minimum Gasteiger partial charge on any atom is -0.268 e. The van der Waals surface area contributed by atoms with Gasteiger partial charge in [0.2, 0.25) is 0 Å². The Bertz CT molecular complexity index is 505. The smallest absolute Gasteiger partial charge is 0.268 e. The number of nitrogens with one attached hydrogen (secondary N) is 1. The molecule has 17 heavy (non-hydrogen) atoms. The lowest BCUT2D eigenvalue weighted by molar-refractivity contribution is 0.414. The molecule has 0 amide bonds. The topological polar surface area (TPSA) is 49.4 Å². The number of hydrogen-bond donors (Lipinski definition) is 1. The molecule has 0 saturated carbocycles. The van der Waals surface area contributed by atoms with E-state index < -0.39 is 16.0 Å². The predicted molar refractivity (Wildman–Crippen MR) is 69.5 cm³/mol. The molecular weight excluding hydrogens is 311 g/mol. The standard InChI is InChI=1S/C10H14BrFN2O2S/c1-7(2)14(3)17(15,16)13-10-5-4-8(11)6-9(10)12/h4-7,13H,1-3H3. The molecular formula is C10H14BrFN2O2S. The molecule has 0 unspecified atom stereocenters. The van der Waals surface area contributed by atoms with Crippen LogP contribution in [0.5, 0.6) is 0 Å². The fourth-order valence-corrected chi connectivity index (χ4v) is 2.54. The van der Waals surface area contributed by atoms with Gasteiger partial charge in [-0.2, -0.15) is 12.7 Å². The minimum absolute atomic E-state index is 0.0688. The van der Waals surface area contributed by atoms with Crippen molar-refractivity contribution in [3.05, 3.63) is 28.5 Å². The Morgan fingerprint density at radius 3 is 2.47 bits per heavy atom. The number of halogens is 2. The van der Waals surface area contributed by atoms with Crippen LogP contribution in [0.25, 0.3) is 0 Å². The van der Waals surface area contributed by atoms with E-state index in [0.717, 1.165) is 4.31 Å². The maximum Gasteiger partial charge on any atom is 0.301 e. The number of anilines is 1. The highest BCUT2D eigenvalue weighted by molar-refractivity contribution is 9.10. The van der Waals surface area contributed by atoms with Gasteiger partial charge in [0.25, 0.3) is 0 Å². The molecule has 0 heterocycles.